The number of hydrogen-bond acceptors (Lipinski definition) is 12. The summed E-state index contributed by atoms with van der Waals surface area (Å²) in [5.41, 5.74) is 1.65. The maximum Gasteiger partial charge on any atom is 0.407 e. The molecule has 2 aromatic rings. The van der Waals surface area contributed by atoms with Gasteiger partial charge in [0, 0.05) is 34.4 Å². The number of anilines is 1. The van der Waals surface area contributed by atoms with Crippen LogP contribution in [0.4, 0.5) is 10.5 Å². The first-order chi connectivity index (χ1) is 34.4. The Morgan fingerprint density at radius 1 is 0.917 bits per heavy atom. The van der Waals surface area contributed by atoms with Crippen molar-refractivity contribution in [3.63, 3.8) is 0 Å². The monoisotopic (exact) mass is 1050 g/mol. The minimum absolute atomic E-state index is 0.00103. The van der Waals surface area contributed by atoms with E-state index in [4.69, 9.17) is 19.3 Å². The van der Waals surface area contributed by atoms with E-state index in [2.05, 4.69) is 56.3 Å². The number of nitrogens with one attached hydrogen (secondary N) is 4. The number of carbonyl (C=O) groups is 7. The number of aliphatic carboxylic acids is 1. The largest absolute Gasteiger partial charge is 0.481 e. The fourth-order valence-electron chi connectivity index (χ4n) is 17.6. The highest BCUT2D eigenvalue weighted by Gasteiger charge is 3.09. The number of carbonyl (C=O) groups excluding carboxylic acids is 6. The van der Waals surface area contributed by atoms with Gasteiger partial charge < -0.3 is 50.8 Å². The van der Waals surface area contributed by atoms with Crippen LogP contribution in [0.25, 0.3) is 0 Å². The molecule has 7 N–H and O–H groups in total. The summed E-state index contributed by atoms with van der Waals surface area (Å²) in [6.45, 7) is 3.13. The van der Waals surface area contributed by atoms with Crippen LogP contribution in [0.15, 0.2) is 72.3 Å². The molecule has 10 fully saturated rings. The second-order valence-electron chi connectivity index (χ2n) is 22.8. The first kappa shape index (κ1) is 47.7. The van der Waals surface area contributed by atoms with Crippen LogP contribution < -0.4 is 21.3 Å². The number of rotatable bonds is 17. The average Bonchev–Trinajstić information content (AvgIpc) is 3.87. The first-order valence-electron chi connectivity index (χ1n) is 25.3. The summed E-state index contributed by atoms with van der Waals surface area (Å²) >= 11 is 2.99. The molecule has 0 aromatic heterocycles. The maximum atomic E-state index is 14.0. The van der Waals surface area contributed by atoms with Crippen molar-refractivity contribution < 1.29 is 63.1 Å². The van der Waals surface area contributed by atoms with Crippen molar-refractivity contribution in [2.24, 2.45) is 69.5 Å². The summed E-state index contributed by atoms with van der Waals surface area (Å²) in [6.07, 6.45) is 5.64. The minimum atomic E-state index is -1.41. The van der Waals surface area contributed by atoms with E-state index in [9.17, 15) is 43.8 Å². The third-order valence-electron chi connectivity index (χ3n) is 20.2. The summed E-state index contributed by atoms with van der Waals surface area (Å²) in [5.74, 6) is -0.140. The van der Waals surface area contributed by atoms with Gasteiger partial charge in [-0.2, -0.15) is 0 Å². The molecule has 2 aromatic carbocycles. The smallest absolute Gasteiger partial charge is 0.407 e. The van der Waals surface area contributed by atoms with Crippen molar-refractivity contribution in [1.29, 1.82) is 0 Å². The van der Waals surface area contributed by atoms with E-state index in [0.717, 1.165) is 30.4 Å². The second-order valence-corrected chi connectivity index (χ2v) is 23.4. The predicted molar refractivity (Wildman–Crippen MR) is 257 cm³/mol. The zero-order chi connectivity index (χ0) is 50.4. The summed E-state index contributed by atoms with van der Waals surface area (Å²) in [4.78, 5) is 87.6. The van der Waals surface area contributed by atoms with Crippen LogP contribution in [-0.2, 0) is 56.0 Å². The number of fused-ring (bicyclic) bond motifs is 7. The van der Waals surface area contributed by atoms with E-state index >= 15 is 0 Å². The molecule has 1 aliphatic heterocycles. The van der Waals surface area contributed by atoms with Gasteiger partial charge in [0.05, 0.1) is 29.6 Å². The molecule has 9 saturated carbocycles. The molecule has 1 saturated heterocycles. The average molecular weight is 1050 g/mol. The summed E-state index contributed by atoms with van der Waals surface area (Å²) < 4.78 is 19.2. The summed E-state index contributed by atoms with van der Waals surface area (Å²) in [7, 11) is 0. The molecule has 0 bridgehead atoms. The molecule has 72 heavy (non-hydrogen) atoms. The van der Waals surface area contributed by atoms with Gasteiger partial charge in [-0.15, -0.1) is 0 Å². The van der Waals surface area contributed by atoms with Gasteiger partial charge in [-0.3, -0.25) is 28.8 Å². The quantitative estimate of drug-likeness (QED) is 0.111. The van der Waals surface area contributed by atoms with Crippen LogP contribution >= 0.6 is 15.9 Å². The normalized spacial score (nSPS) is 41.3. The van der Waals surface area contributed by atoms with E-state index in [1.54, 1.807) is 36.4 Å². The number of benzene rings is 2. The number of amides is 4. The number of aliphatic hydroxyl groups excluding tert-OH is 2. The van der Waals surface area contributed by atoms with Crippen LogP contribution in [0.5, 0.6) is 0 Å². The number of ether oxygens (including phenoxy) is 3. The lowest BCUT2D eigenvalue weighted by molar-refractivity contribution is -0.624. The van der Waals surface area contributed by atoms with Gasteiger partial charge in [0.1, 0.15) is 19.3 Å². The van der Waals surface area contributed by atoms with E-state index in [1.165, 1.54) is 5.56 Å². The van der Waals surface area contributed by atoms with Gasteiger partial charge >= 0.3 is 12.1 Å². The molecule has 18 heteroatoms. The van der Waals surface area contributed by atoms with Crippen molar-refractivity contribution >= 4 is 63.0 Å². The highest BCUT2D eigenvalue weighted by molar-refractivity contribution is 9.09. The minimum Gasteiger partial charge on any atom is -0.481 e. The molecule has 10 aliphatic carbocycles. The van der Waals surface area contributed by atoms with Gasteiger partial charge in [0.15, 0.2) is 23.5 Å². The lowest BCUT2D eigenvalue weighted by Crippen LogP contribution is -3.15. The Hall–Kier alpha value is -5.27. The van der Waals surface area contributed by atoms with Crippen LogP contribution in [0.1, 0.15) is 75.4 Å². The number of alkyl halides is 1. The highest BCUT2D eigenvalue weighted by Crippen LogP contribution is 3.07. The third kappa shape index (κ3) is 6.33. The molecule has 0 radical (unpaired) electrons. The van der Waals surface area contributed by atoms with Crippen LogP contribution in [0.3, 0.4) is 0 Å². The molecule has 0 unspecified atom stereocenters. The Balaban J connectivity index is 0.631. The van der Waals surface area contributed by atoms with Gasteiger partial charge in [-0.1, -0.05) is 77.8 Å². The predicted octanol–water partition coefficient (Wildman–Crippen LogP) is 4.05. The number of alkyl carbamates (subject to hydrolysis) is 1. The van der Waals surface area contributed by atoms with Crippen LogP contribution in [0.2, 0.25) is 0 Å². The van der Waals surface area contributed by atoms with Crippen molar-refractivity contribution in [1.82, 2.24) is 16.0 Å². The Bertz CT molecular complexity index is 2710. The van der Waals surface area contributed by atoms with E-state index in [0.29, 0.717) is 59.6 Å². The molecule has 380 valence electrons. The van der Waals surface area contributed by atoms with Crippen molar-refractivity contribution in [3.8, 4) is 0 Å². The van der Waals surface area contributed by atoms with Crippen molar-refractivity contribution in [3.05, 3.63) is 89.0 Å². The Kier molecular flexibility index (Phi) is 11.0. The van der Waals surface area contributed by atoms with Crippen molar-refractivity contribution in [2.75, 3.05) is 23.8 Å². The number of halogens is 1. The molecular weight excluding hydrogens is 993 g/mol. The molecule has 11 aliphatic rings. The number of ketones is 2. The number of aliphatic hydroxyl groups is 2. The standard InChI is InChI=1S/C54H59BrN4O13/c1-50-16-15-30(61)17-28(50)9-12-31-32-18-36-54(35(63)23-60,51(32,2)20-34(62)40(31)50)72-48(71-36)27-7-3-25(4-8-27)19-52-41-44-42(52)46-43(52)45(41)53(44,46)59-49(69)70-24-26-5-10-29(11-6-26)57-47(68)33(13-14-39(66)67)58-38(65)22-56-37(64)21-55/h3-8,10-11,15-17,31-34,36,40-46,48,60,62H,9,12-14,18-24H2,1-2H3,(H,56,64)(H,57,68)(H,58,65)(H,59,69)(H,66,67)/t31-,32-,33-,34-,36+,40+,41?,42?,43?,44?,45?,46?,48+,50-,51-,52?,53?,54+/m0/s1. The van der Waals surface area contributed by atoms with E-state index in [1.807, 2.05) is 25.1 Å². The fourth-order valence-corrected chi connectivity index (χ4v) is 17.8. The fraction of sp³-hybridized carbons (Fsp3) is 0.574. The lowest BCUT2D eigenvalue weighted by atomic mass is 8.94. The SMILES string of the molecule is C[C@]12C=CC(=O)C=C1CC[C@@H]1[C@@H]2[C@@H](O)C[C@@]2(C)[C@H]1C[C@H]1O[C@@H](c3ccc(CC45C6C7C4C4C5C6C74NC(=O)OCc4ccc(NC(=O)[C@H](CCC(=O)O)NC(=O)CNC(=O)CBr)cc4)cc3)O[C@]12C(=O)CO. The van der Waals surface area contributed by atoms with Crippen molar-refractivity contribution in [2.45, 2.75) is 101 Å². The van der Waals surface area contributed by atoms with E-state index < -0.39 is 83.1 Å². The molecular formula is C54H59BrN4O13. The molecule has 17 nitrogen and oxygen atoms in total. The topological polar surface area (TPSA) is 256 Å². The van der Waals surface area contributed by atoms with Gasteiger partial charge in [0.25, 0.3) is 0 Å². The molecule has 13 rings (SSSR count). The molecule has 4 amide bonds. The molecule has 1 heterocycles. The molecule has 0 spiro atoms. The zero-order valence-corrected chi connectivity index (χ0v) is 41.5. The second kappa shape index (κ2) is 16.6. The number of Topliss-reactive ketones (excluding diaryl/α,β-unsaturated/α-hetero) is 1. The van der Waals surface area contributed by atoms with Gasteiger partial charge in [-0.05, 0) is 127 Å². The van der Waals surface area contributed by atoms with E-state index in [-0.39, 0.29) is 65.8 Å². The maximum absolute atomic E-state index is 14.0. The zero-order valence-electron chi connectivity index (χ0n) is 39.9. The highest BCUT2D eigenvalue weighted by atomic mass is 79.9. The van der Waals surface area contributed by atoms with Gasteiger partial charge in [-0.25, -0.2) is 4.79 Å². The number of allylic oxidation sites excluding steroid dienone is 4. The number of hydrogen-bond donors (Lipinski definition) is 7. The Morgan fingerprint density at radius 3 is 2.28 bits per heavy atom. The Labute approximate surface area is 423 Å². The summed E-state index contributed by atoms with van der Waals surface area (Å²) in [5, 5.41) is 42.4. The third-order valence-corrected chi connectivity index (χ3v) is 20.7. The number of carboxylic acid groups (broad SMARTS) is 1. The Morgan fingerprint density at radius 2 is 1.61 bits per heavy atom. The van der Waals surface area contributed by atoms with Crippen LogP contribution in [0, 0.1) is 69.5 Å². The summed E-state index contributed by atoms with van der Waals surface area (Å²) in [6, 6.07) is 13.8. The molecule has 10 atom stereocenters. The van der Waals surface area contributed by atoms with Gasteiger partial charge in [0.2, 0.25) is 17.7 Å². The number of carboxylic acids is 1. The first-order valence-corrected chi connectivity index (χ1v) is 26.4. The van der Waals surface area contributed by atoms with Crippen LogP contribution in [-0.4, -0.2) is 105 Å². The lowest BCUT2D eigenvalue weighted by Gasteiger charge is -3.11.